The Bertz CT molecular complexity index is 1260. The van der Waals surface area contributed by atoms with Gasteiger partial charge in [0.05, 0.1) is 10.6 Å². The van der Waals surface area contributed by atoms with Crippen LogP contribution in [0.15, 0.2) is 93.9 Å². The smallest absolute Gasteiger partial charge is 0.275 e. The molecule has 7 heteroatoms. The molecule has 0 spiro atoms. The lowest BCUT2D eigenvalue weighted by molar-refractivity contribution is 0.101. The molecule has 1 aromatic heterocycles. The first-order valence-electron chi connectivity index (χ1n) is 10.3. The van der Waals surface area contributed by atoms with E-state index in [1.54, 1.807) is 18.3 Å². The van der Waals surface area contributed by atoms with Gasteiger partial charge >= 0.3 is 0 Å². The number of benzene rings is 3. The fourth-order valence-electron chi connectivity index (χ4n) is 2.97. The number of aryl methyl sites for hydroxylation is 2. The summed E-state index contributed by atoms with van der Waals surface area (Å²) in [7, 11) is 0. The summed E-state index contributed by atoms with van der Waals surface area (Å²) in [6.07, 6.45) is 1.66. The number of aromatic nitrogens is 2. The molecule has 4 rings (SSSR count). The van der Waals surface area contributed by atoms with Gasteiger partial charge in [0.1, 0.15) is 11.5 Å². The van der Waals surface area contributed by atoms with Crippen molar-refractivity contribution in [2.24, 2.45) is 0 Å². The molecule has 0 unspecified atom stereocenters. The van der Waals surface area contributed by atoms with Crippen LogP contribution in [0.5, 0.6) is 0 Å². The number of nitrogens with one attached hydrogen (secondary N) is 1. The zero-order chi connectivity index (χ0) is 23.2. The molecule has 0 aliphatic rings. The van der Waals surface area contributed by atoms with Crippen LogP contribution in [0.1, 0.15) is 27.2 Å². The molecule has 1 amide bonds. The summed E-state index contributed by atoms with van der Waals surface area (Å²) >= 11 is 2.85. The van der Waals surface area contributed by atoms with Crippen molar-refractivity contribution in [3.05, 3.63) is 107 Å². The second-order valence-corrected chi connectivity index (χ2v) is 9.55. The van der Waals surface area contributed by atoms with Crippen molar-refractivity contribution in [1.82, 2.24) is 9.97 Å². The maximum absolute atomic E-state index is 14.1. The van der Waals surface area contributed by atoms with Crippen LogP contribution in [-0.4, -0.2) is 15.9 Å². The van der Waals surface area contributed by atoms with Crippen LogP contribution in [0.25, 0.3) is 0 Å². The van der Waals surface area contributed by atoms with E-state index in [2.05, 4.69) is 39.6 Å². The maximum atomic E-state index is 14.1. The molecule has 0 atom stereocenters. The van der Waals surface area contributed by atoms with Gasteiger partial charge in [-0.15, -0.1) is 0 Å². The predicted octanol–water partition coefficient (Wildman–Crippen LogP) is 6.93. The molecule has 4 aromatic rings. The molecule has 0 radical (unpaired) electrons. The van der Waals surface area contributed by atoms with Crippen molar-refractivity contribution in [3.63, 3.8) is 0 Å². The molecule has 3 aromatic carbocycles. The summed E-state index contributed by atoms with van der Waals surface area (Å²) in [5.41, 5.74) is 3.82. The predicted molar refractivity (Wildman–Crippen MR) is 132 cm³/mol. The van der Waals surface area contributed by atoms with Crippen molar-refractivity contribution >= 4 is 35.1 Å². The molecule has 0 saturated heterocycles. The average molecular weight is 476 g/mol. The number of para-hydroxylation sites is 1. The Morgan fingerprint density at radius 2 is 1.61 bits per heavy atom. The lowest BCUT2D eigenvalue weighted by Gasteiger charge is -2.11. The minimum atomic E-state index is -0.499. The van der Waals surface area contributed by atoms with Crippen LogP contribution in [0, 0.1) is 19.7 Å². The number of anilines is 1. The number of carbonyl (C=O) groups excluding carboxylic acids is 1. The maximum Gasteiger partial charge on any atom is 0.275 e. The van der Waals surface area contributed by atoms with Gasteiger partial charge in [0.25, 0.3) is 5.91 Å². The highest BCUT2D eigenvalue weighted by molar-refractivity contribution is 7.99. The number of rotatable bonds is 7. The lowest BCUT2D eigenvalue weighted by Crippen LogP contribution is -2.16. The largest absolute Gasteiger partial charge is 0.318 e. The Hall–Kier alpha value is -3.16. The minimum absolute atomic E-state index is 0.112. The monoisotopic (exact) mass is 475 g/mol. The topological polar surface area (TPSA) is 54.9 Å². The van der Waals surface area contributed by atoms with E-state index >= 15 is 0 Å². The van der Waals surface area contributed by atoms with Crippen LogP contribution >= 0.6 is 23.5 Å². The van der Waals surface area contributed by atoms with Crippen LogP contribution < -0.4 is 5.32 Å². The zero-order valence-electron chi connectivity index (χ0n) is 18.2. The minimum Gasteiger partial charge on any atom is -0.318 e. The van der Waals surface area contributed by atoms with E-state index in [0.29, 0.717) is 15.8 Å². The number of halogens is 1. The Labute approximate surface area is 201 Å². The molecule has 1 heterocycles. The summed E-state index contributed by atoms with van der Waals surface area (Å²) in [6.45, 7) is 4.07. The van der Waals surface area contributed by atoms with Gasteiger partial charge in [-0.25, -0.2) is 14.4 Å². The standard InChI is InChI=1S/C26H22FN3OS2/c1-17-7-11-19(12-8-17)16-32-26-28-15-23(33-20-13-9-18(2)10-14-20)24(30-26)25(31)29-22-6-4-3-5-21(22)27/h3-15H,16H2,1-2H3,(H,29,31). The Balaban J connectivity index is 1.60. The number of carbonyl (C=O) groups is 1. The summed E-state index contributed by atoms with van der Waals surface area (Å²) < 4.78 is 14.1. The van der Waals surface area contributed by atoms with E-state index in [1.807, 2.05) is 38.1 Å². The zero-order valence-corrected chi connectivity index (χ0v) is 19.8. The third-order valence-electron chi connectivity index (χ3n) is 4.81. The van der Waals surface area contributed by atoms with Crippen LogP contribution in [0.3, 0.4) is 0 Å². The molecule has 0 aliphatic heterocycles. The number of hydrogen-bond donors (Lipinski definition) is 1. The van der Waals surface area contributed by atoms with Crippen molar-refractivity contribution in [3.8, 4) is 0 Å². The van der Waals surface area contributed by atoms with Gasteiger partial charge in [-0.3, -0.25) is 4.79 Å². The van der Waals surface area contributed by atoms with Gasteiger partial charge in [-0.05, 0) is 43.7 Å². The SMILES string of the molecule is Cc1ccc(CSc2ncc(Sc3ccc(C)cc3)c(C(=O)Nc3ccccc3F)n2)cc1. The second kappa shape index (κ2) is 10.6. The van der Waals surface area contributed by atoms with E-state index in [1.165, 1.54) is 41.2 Å². The Morgan fingerprint density at radius 1 is 0.939 bits per heavy atom. The molecule has 0 aliphatic carbocycles. The highest BCUT2D eigenvalue weighted by atomic mass is 32.2. The summed E-state index contributed by atoms with van der Waals surface area (Å²) in [5.74, 6) is -0.296. The van der Waals surface area contributed by atoms with Crippen LogP contribution in [0.2, 0.25) is 0 Å². The van der Waals surface area contributed by atoms with Crippen LogP contribution in [0.4, 0.5) is 10.1 Å². The van der Waals surface area contributed by atoms with Gasteiger partial charge in [-0.1, -0.05) is 83.2 Å². The van der Waals surface area contributed by atoms with Crippen molar-refractivity contribution in [2.45, 2.75) is 34.5 Å². The normalized spacial score (nSPS) is 10.8. The first kappa shape index (κ1) is 23.0. The number of amides is 1. The average Bonchev–Trinajstić information content (AvgIpc) is 2.82. The fourth-order valence-corrected chi connectivity index (χ4v) is 4.61. The number of nitrogens with zero attached hydrogens (tertiary/aromatic N) is 2. The molecule has 0 fully saturated rings. The van der Waals surface area contributed by atoms with E-state index in [9.17, 15) is 9.18 Å². The van der Waals surface area contributed by atoms with Crippen LogP contribution in [-0.2, 0) is 5.75 Å². The number of thioether (sulfide) groups is 1. The van der Waals surface area contributed by atoms with Gasteiger partial charge in [0.15, 0.2) is 5.16 Å². The van der Waals surface area contributed by atoms with Crippen molar-refractivity contribution < 1.29 is 9.18 Å². The summed E-state index contributed by atoms with van der Waals surface area (Å²) in [5, 5.41) is 3.13. The third-order valence-corrected chi connectivity index (χ3v) is 6.77. The molecule has 166 valence electrons. The molecule has 33 heavy (non-hydrogen) atoms. The first-order valence-corrected chi connectivity index (χ1v) is 12.1. The highest BCUT2D eigenvalue weighted by Crippen LogP contribution is 2.31. The molecular weight excluding hydrogens is 453 g/mol. The molecular formula is C26H22FN3OS2. The molecule has 0 bridgehead atoms. The second-order valence-electron chi connectivity index (χ2n) is 7.49. The fraction of sp³-hybridized carbons (Fsp3) is 0.115. The Morgan fingerprint density at radius 3 is 2.30 bits per heavy atom. The number of hydrogen-bond acceptors (Lipinski definition) is 5. The van der Waals surface area contributed by atoms with Gasteiger partial charge < -0.3 is 5.32 Å². The van der Waals surface area contributed by atoms with E-state index < -0.39 is 11.7 Å². The summed E-state index contributed by atoms with van der Waals surface area (Å²) in [6, 6.07) is 22.3. The van der Waals surface area contributed by atoms with Gasteiger partial charge in [0, 0.05) is 16.8 Å². The quantitative estimate of drug-likeness (QED) is 0.232. The van der Waals surface area contributed by atoms with Gasteiger partial charge in [-0.2, -0.15) is 0 Å². The molecule has 4 nitrogen and oxygen atoms in total. The van der Waals surface area contributed by atoms with Gasteiger partial charge in [0.2, 0.25) is 0 Å². The summed E-state index contributed by atoms with van der Waals surface area (Å²) in [4.78, 5) is 23.7. The molecule has 0 saturated carbocycles. The first-order chi connectivity index (χ1) is 16.0. The van der Waals surface area contributed by atoms with E-state index in [4.69, 9.17) is 0 Å². The van der Waals surface area contributed by atoms with E-state index in [0.717, 1.165) is 16.0 Å². The third kappa shape index (κ3) is 6.21. The van der Waals surface area contributed by atoms with E-state index in [-0.39, 0.29) is 11.4 Å². The molecule has 1 N–H and O–H groups in total. The Kier molecular flexibility index (Phi) is 7.42. The van der Waals surface area contributed by atoms with Crippen molar-refractivity contribution in [2.75, 3.05) is 5.32 Å². The highest BCUT2D eigenvalue weighted by Gasteiger charge is 2.18. The lowest BCUT2D eigenvalue weighted by atomic mass is 10.2. The van der Waals surface area contributed by atoms with Crippen molar-refractivity contribution in [1.29, 1.82) is 0 Å².